The van der Waals surface area contributed by atoms with Crippen LogP contribution in [0.3, 0.4) is 0 Å². The van der Waals surface area contributed by atoms with Crippen molar-refractivity contribution < 1.29 is 9.13 Å². The lowest BCUT2D eigenvalue weighted by molar-refractivity contribution is -0.659. The Labute approximate surface area is 344 Å². The molecule has 0 atom stereocenters. The molecule has 0 N–H and O–H groups in total. The van der Waals surface area contributed by atoms with Crippen LogP contribution in [0.15, 0.2) is 122 Å². The summed E-state index contributed by atoms with van der Waals surface area (Å²) in [5.74, 6) is 0. The Morgan fingerprint density at radius 3 is 1.44 bits per heavy atom. The van der Waals surface area contributed by atoms with Gasteiger partial charge in [0.15, 0.2) is 12.4 Å². The molecule has 0 amide bonds. The molecule has 2 heterocycles. The molecule has 2 aromatic heterocycles. The van der Waals surface area contributed by atoms with Crippen LogP contribution in [0.4, 0.5) is 0 Å². The number of aromatic nitrogens is 2. The number of hydrogen-bond acceptors (Lipinski definition) is 0. The van der Waals surface area contributed by atoms with Crippen LogP contribution < -0.4 is 19.5 Å². The van der Waals surface area contributed by atoms with Crippen LogP contribution in [-0.2, 0) is 14.1 Å². The van der Waals surface area contributed by atoms with Gasteiger partial charge in [0.05, 0.1) is 26.9 Å². The van der Waals surface area contributed by atoms with Gasteiger partial charge in [0.2, 0.25) is 11.4 Å². The van der Waals surface area contributed by atoms with Crippen molar-refractivity contribution in [2.24, 2.45) is 14.1 Å². The van der Waals surface area contributed by atoms with Crippen LogP contribution in [0.1, 0.15) is 54.4 Å². The van der Waals surface area contributed by atoms with Crippen molar-refractivity contribution in [2.45, 2.75) is 97.1 Å². The molecule has 2 aliphatic carbocycles. The number of pyridine rings is 2. The highest BCUT2D eigenvalue weighted by Crippen LogP contribution is 2.45. The number of rotatable bonds is 7. The number of hydrogen-bond donors (Lipinski definition) is 0. The first-order chi connectivity index (χ1) is 27.3. The van der Waals surface area contributed by atoms with Crippen molar-refractivity contribution in [3.63, 3.8) is 0 Å². The lowest BCUT2D eigenvalue weighted by Gasteiger charge is -2.39. The highest BCUT2D eigenvalue weighted by atomic mass is 28.3. The fourth-order valence-corrected chi connectivity index (χ4v) is 16.3. The van der Waals surface area contributed by atoms with E-state index < -0.39 is 16.1 Å². The van der Waals surface area contributed by atoms with E-state index in [-0.39, 0.29) is 0 Å². The van der Waals surface area contributed by atoms with Gasteiger partial charge < -0.3 is 0 Å². The molecule has 0 spiro atoms. The molecule has 290 valence electrons. The van der Waals surface area contributed by atoms with E-state index in [9.17, 15) is 0 Å². The second-order valence-electron chi connectivity index (χ2n) is 18.6. The van der Waals surface area contributed by atoms with Crippen molar-refractivity contribution in [3.05, 3.63) is 144 Å². The van der Waals surface area contributed by atoms with Gasteiger partial charge in [0.25, 0.3) is 0 Å². The third kappa shape index (κ3) is 7.36. The van der Waals surface area contributed by atoms with Gasteiger partial charge in [-0.15, -0.1) is 0 Å². The van der Waals surface area contributed by atoms with Crippen LogP contribution in [0.2, 0.25) is 37.3 Å². The van der Waals surface area contributed by atoms with E-state index in [1.807, 2.05) is 0 Å². The lowest BCUT2D eigenvalue weighted by Crippen LogP contribution is -2.48. The van der Waals surface area contributed by atoms with Crippen LogP contribution >= 0.6 is 0 Å². The molecule has 0 saturated heterocycles. The Balaban J connectivity index is 0.000000165. The summed E-state index contributed by atoms with van der Waals surface area (Å²) in [7, 11) is 1.64. The maximum Gasteiger partial charge on any atom is 0.220 e. The van der Waals surface area contributed by atoms with Crippen molar-refractivity contribution in [1.82, 2.24) is 0 Å². The van der Waals surface area contributed by atoms with Crippen molar-refractivity contribution >= 4 is 48.1 Å². The van der Waals surface area contributed by atoms with Gasteiger partial charge in [0.1, 0.15) is 14.1 Å². The van der Waals surface area contributed by atoms with E-state index in [1.165, 1.54) is 110 Å². The van der Waals surface area contributed by atoms with Crippen molar-refractivity contribution in [3.8, 4) is 33.6 Å². The molecule has 0 bridgehead atoms. The normalized spacial score (nSPS) is 14.7. The van der Waals surface area contributed by atoms with Gasteiger partial charge in [-0.05, 0) is 107 Å². The number of benzene rings is 5. The minimum atomic E-state index is -1.35. The Kier molecular flexibility index (Phi) is 10.5. The Hall–Kier alpha value is -4.65. The Morgan fingerprint density at radius 1 is 0.474 bits per heavy atom. The van der Waals surface area contributed by atoms with Crippen LogP contribution in [0, 0.1) is 27.7 Å². The van der Waals surface area contributed by atoms with E-state index in [0.29, 0.717) is 0 Å². The number of aryl methyl sites for hydroxylation is 6. The summed E-state index contributed by atoms with van der Waals surface area (Å²) in [6.45, 7) is 19.1. The molecule has 9 rings (SSSR count). The fourth-order valence-electron chi connectivity index (χ4n) is 9.82. The zero-order chi connectivity index (χ0) is 40.2. The lowest BCUT2D eigenvalue weighted by atomic mass is 9.92. The number of nitrogens with zero attached hydrogens (tertiary/aromatic N) is 2. The molecular formula is C53H62N2Si2+2. The van der Waals surface area contributed by atoms with E-state index in [4.69, 9.17) is 0 Å². The van der Waals surface area contributed by atoms with E-state index in [0.717, 1.165) is 11.1 Å². The summed E-state index contributed by atoms with van der Waals surface area (Å²) in [5, 5.41) is 8.69. The predicted octanol–water partition coefficient (Wildman–Crippen LogP) is 12.1. The van der Waals surface area contributed by atoms with E-state index in [2.05, 4.69) is 199 Å². The molecule has 2 saturated carbocycles. The molecule has 57 heavy (non-hydrogen) atoms. The van der Waals surface area contributed by atoms with Gasteiger partial charge in [-0.1, -0.05) is 141 Å². The quantitative estimate of drug-likeness (QED) is 0.112. The summed E-state index contributed by atoms with van der Waals surface area (Å²) in [6.07, 6.45) is 11.6. The summed E-state index contributed by atoms with van der Waals surface area (Å²) in [4.78, 5) is 0. The SMILES string of the molecule is Cc1cc(-c2c(C)cccc2C)ccc1-c1c2ccc([Si](C)(C)C3CC3)cc2cc[n+]1C.Cc1ccccc1-c1c2ccc([Si](C)(C)C3CCC3)cc2cc[n+]1C. The monoisotopic (exact) mass is 782 g/mol. The molecule has 5 aromatic carbocycles. The van der Waals surface area contributed by atoms with Crippen molar-refractivity contribution in [2.75, 3.05) is 0 Å². The Bertz CT molecular complexity index is 2620. The molecule has 2 aliphatic rings. The summed E-state index contributed by atoms with van der Waals surface area (Å²) in [6, 6.07) is 41.4. The average Bonchev–Trinajstić information content (AvgIpc) is 4.02. The van der Waals surface area contributed by atoms with Gasteiger partial charge >= 0.3 is 0 Å². The van der Waals surface area contributed by atoms with Gasteiger partial charge in [-0.3, -0.25) is 0 Å². The maximum absolute atomic E-state index is 2.56. The second-order valence-corrected chi connectivity index (χ2v) is 28.3. The molecule has 4 heteroatoms. The summed E-state index contributed by atoms with van der Waals surface area (Å²) >= 11 is 0. The smallest absolute Gasteiger partial charge is 0.200 e. The largest absolute Gasteiger partial charge is 0.220 e. The molecule has 2 fully saturated rings. The maximum atomic E-state index is 2.56. The van der Waals surface area contributed by atoms with Crippen LogP contribution in [-0.4, -0.2) is 16.1 Å². The second kappa shape index (κ2) is 15.3. The highest BCUT2D eigenvalue weighted by molar-refractivity contribution is 6.92. The number of fused-ring (bicyclic) bond motifs is 2. The Morgan fingerprint density at radius 2 is 0.965 bits per heavy atom. The zero-order valence-electron chi connectivity index (χ0n) is 36.1. The average molecular weight is 783 g/mol. The topological polar surface area (TPSA) is 7.76 Å². The van der Waals surface area contributed by atoms with Crippen molar-refractivity contribution in [1.29, 1.82) is 0 Å². The summed E-state index contributed by atoms with van der Waals surface area (Å²) < 4.78 is 4.55. The fraction of sp³-hybridized carbons (Fsp3) is 0.321. The zero-order valence-corrected chi connectivity index (χ0v) is 38.1. The molecule has 7 aromatic rings. The van der Waals surface area contributed by atoms with Crippen LogP contribution in [0.25, 0.3) is 55.2 Å². The third-order valence-electron chi connectivity index (χ3n) is 14.1. The van der Waals surface area contributed by atoms with E-state index in [1.54, 1.807) is 10.4 Å². The minimum Gasteiger partial charge on any atom is -0.200 e. The highest BCUT2D eigenvalue weighted by Gasteiger charge is 2.41. The first-order valence-electron chi connectivity index (χ1n) is 21.3. The minimum absolute atomic E-state index is 0.971. The molecule has 0 aliphatic heterocycles. The standard InChI is InChI=1S/C30H34NSi.C23H28NSi/c1-20-8-7-9-21(2)29(20)24-10-14-27(22(3)18-24)30-28-15-13-26(32(5,6)25-11-12-25)19-23(28)16-17-31(30)4;1-17-8-5-6-11-21(17)23-22-13-12-20(16-18(22)14-15-24(23)2)25(3,4)19-9-7-10-19/h7-10,13-19,25H,11-12H2,1-6H3;5-6,8,11-16,19H,7,9-10H2,1-4H3/q2*+1. The third-order valence-corrected chi connectivity index (χ3v) is 23.0. The first kappa shape index (κ1) is 39.2. The molecule has 0 radical (unpaired) electrons. The molecule has 0 unspecified atom stereocenters. The molecular weight excluding hydrogens is 721 g/mol. The van der Waals surface area contributed by atoms with Gasteiger partial charge in [0, 0.05) is 23.3 Å². The van der Waals surface area contributed by atoms with Crippen LogP contribution in [0.5, 0.6) is 0 Å². The summed E-state index contributed by atoms with van der Waals surface area (Å²) in [5.41, 5.74) is 15.2. The predicted molar refractivity (Wildman–Crippen MR) is 250 cm³/mol. The van der Waals surface area contributed by atoms with Gasteiger partial charge in [-0.25, -0.2) is 9.13 Å². The van der Waals surface area contributed by atoms with Gasteiger partial charge in [-0.2, -0.15) is 0 Å². The first-order valence-corrected chi connectivity index (χ1v) is 27.5. The van der Waals surface area contributed by atoms with E-state index >= 15 is 0 Å². The molecule has 2 nitrogen and oxygen atoms in total.